The van der Waals surface area contributed by atoms with Gasteiger partial charge in [0.15, 0.2) is 0 Å². The van der Waals surface area contributed by atoms with Gasteiger partial charge in [-0.3, -0.25) is 0 Å². The molecule has 1 saturated carbocycles. The third-order valence-electron chi connectivity index (χ3n) is 3.33. The van der Waals surface area contributed by atoms with Crippen molar-refractivity contribution in [3.05, 3.63) is 0 Å². The van der Waals surface area contributed by atoms with E-state index < -0.39 is 0 Å². The van der Waals surface area contributed by atoms with Gasteiger partial charge >= 0.3 is 0 Å². The fraction of sp³-hybridized carbons (Fsp3) is 1.00. The van der Waals surface area contributed by atoms with Crippen LogP contribution < -0.4 is 5.32 Å². The standard InChI is InChI=1S/C13H27NO/c1-3-9-14-12(2)7-10-15-11-8-13-5-4-6-13/h12-14H,3-11H2,1-2H3. The van der Waals surface area contributed by atoms with Crippen molar-refractivity contribution in [2.75, 3.05) is 19.8 Å². The number of nitrogens with one attached hydrogen (secondary N) is 1. The molecular weight excluding hydrogens is 186 g/mol. The molecule has 0 aromatic rings. The lowest BCUT2D eigenvalue weighted by Crippen LogP contribution is -2.28. The van der Waals surface area contributed by atoms with Gasteiger partial charge in [0.2, 0.25) is 0 Å². The summed E-state index contributed by atoms with van der Waals surface area (Å²) in [6, 6.07) is 0.605. The number of rotatable bonds is 9. The van der Waals surface area contributed by atoms with Gasteiger partial charge in [-0.2, -0.15) is 0 Å². The number of ether oxygens (including phenoxy) is 1. The largest absolute Gasteiger partial charge is 0.381 e. The van der Waals surface area contributed by atoms with Crippen LogP contribution in [0.2, 0.25) is 0 Å². The van der Waals surface area contributed by atoms with Gasteiger partial charge in [-0.15, -0.1) is 0 Å². The van der Waals surface area contributed by atoms with E-state index in [-0.39, 0.29) is 0 Å². The second-order valence-corrected chi connectivity index (χ2v) is 4.84. The molecule has 1 fully saturated rings. The summed E-state index contributed by atoms with van der Waals surface area (Å²) in [6.45, 7) is 7.47. The molecule has 0 bridgehead atoms. The normalized spacial score (nSPS) is 18.8. The van der Waals surface area contributed by atoms with Gasteiger partial charge < -0.3 is 10.1 Å². The van der Waals surface area contributed by atoms with Gasteiger partial charge in [-0.1, -0.05) is 26.2 Å². The molecule has 0 spiro atoms. The third-order valence-corrected chi connectivity index (χ3v) is 3.33. The smallest absolute Gasteiger partial charge is 0.0480 e. The highest BCUT2D eigenvalue weighted by molar-refractivity contribution is 4.68. The Labute approximate surface area is 94.8 Å². The molecule has 0 amide bonds. The van der Waals surface area contributed by atoms with Crippen LogP contribution in [-0.4, -0.2) is 25.8 Å². The summed E-state index contributed by atoms with van der Waals surface area (Å²) in [6.07, 6.45) is 7.98. The van der Waals surface area contributed by atoms with Crippen LogP contribution in [-0.2, 0) is 4.74 Å². The molecule has 1 aliphatic carbocycles. The molecule has 15 heavy (non-hydrogen) atoms. The first-order chi connectivity index (χ1) is 7.33. The van der Waals surface area contributed by atoms with E-state index in [0.29, 0.717) is 6.04 Å². The molecule has 1 atom stereocenters. The number of hydrogen-bond donors (Lipinski definition) is 1. The highest BCUT2D eigenvalue weighted by Gasteiger charge is 2.16. The van der Waals surface area contributed by atoms with Crippen molar-refractivity contribution in [2.45, 2.75) is 58.4 Å². The Bertz CT molecular complexity index is 145. The summed E-state index contributed by atoms with van der Waals surface area (Å²) in [5.41, 5.74) is 0. The van der Waals surface area contributed by atoms with Crippen molar-refractivity contribution in [3.63, 3.8) is 0 Å². The highest BCUT2D eigenvalue weighted by atomic mass is 16.5. The van der Waals surface area contributed by atoms with E-state index in [4.69, 9.17) is 4.74 Å². The highest BCUT2D eigenvalue weighted by Crippen LogP contribution is 2.29. The first-order valence-electron chi connectivity index (χ1n) is 6.64. The summed E-state index contributed by atoms with van der Waals surface area (Å²) in [5.74, 6) is 0.987. The predicted octanol–water partition coefficient (Wildman–Crippen LogP) is 2.97. The molecule has 2 nitrogen and oxygen atoms in total. The van der Waals surface area contributed by atoms with Crippen molar-refractivity contribution in [3.8, 4) is 0 Å². The van der Waals surface area contributed by atoms with Crippen LogP contribution in [0, 0.1) is 5.92 Å². The Hall–Kier alpha value is -0.0800. The van der Waals surface area contributed by atoms with E-state index >= 15 is 0 Å². The Morgan fingerprint density at radius 2 is 2.13 bits per heavy atom. The van der Waals surface area contributed by atoms with Crippen LogP contribution in [0.5, 0.6) is 0 Å². The van der Waals surface area contributed by atoms with Crippen LogP contribution in [0.25, 0.3) is 0 Å². The molecule has 0 aromatic heterocycles. The molecular formula is C13H27NO. The second-order valence-electron chi connectivity index (χ2n) is 4.84. The fourth-order valence-corrected chi connectivity index (χ4v) is 1.89. The van der Waals surface area contributed by atoms with Crippen molar-refractivity contribution < 1.29 is 4.74 Å². The van der Waals surface area contributed by atoms with Gasteiger partial charge in [-0.05, 0) is 38.6 Å². The lowest BCUT2D eigenvalue weighted by Gasteiger charge is -2.25. The van der Waals surface area contributed by atoms with Crippen molar-refractivity contribution in [2.24, 2.45) is 5.92 Å². The zero-order chi connectivity index (χ0) is 10.9. The van der Waals surface area contributed by atoms with Gasteiger partial charge in [0.05, 0.1) is 0 Å². The molecule has 0 heterocycles. The van der Waals surface area contributed by atoms with Crippen LogP contribution in [0.1, 0.15) is 52.4 Å². The minimum absolute atomic E-state index is 0.605. The molecule has 1 N–H and O–H groups in total. The van der Waals surface area contributed by atoms with Crippen molar-refractivity contribution in [1.82, 2.24) is 5.32 Å². The first-order valence-corrected chi connectivity index (χ1v) is 6.64. The topological polar surface area (TPSA) is 21.3 Å². The molecule has 0 aromatic carbocycles. The third kappa shape index (κ3) is 6.16. The van der Waals surface area contributed by atoms with Crippen LogP contribution >= 0.6 is 0 Å². The lowest BCUT2D eigenvalue weighted by atomic mass is 9.83. The number of hydrogen-bond acceptors (Lipinski definition) is 2. The summed E-state index contributed by atoms with van der Waals surface area (Å²) < 4.78 is 5.65. The monoisotopic (exact) mass is 213 g/mol. The zero-order valence-corrected chi connectivity index (χ0v) is 10.4. The van der Waals surface area contributed by atoms with E-state index in [2.05, 4.69) is 19.2 Å². The minimum atomic E-state index is 0.605. The minimum Gasteiger partial charge on any atom is -0.381 e. The molecule has 0 saturated heterocycles. The predicted molar refractivity (Wildman–Crippen MR) is 65.1 cm³/mol. The van der Waals surface area contributed by atoms with Crippen LogP contribution in [0.3, 0.4) is 0 Å². The second kappa shape index (κ2) is 8.12. The van der Waals surface area contributed by atoms with E-state index in [0.717, 1.165) is 32.1 Å². The van der Waals surface area contributed by atoms with Gasteiger partial charge in [0, 0.05) is 19.3 Å². The first kappa shape index (κ1) is 13.0. The molecule has 1 rings (SSSR count). The SMILES string of the molecule is CCCNC(C)CCOCCC1CCC1. The molecule has 2 heteroatoms. The van der Waals surface area contributed by atoms with Gasteiger partial charge in [0.25, 0.3) is 0 Å². The maximum absolute atomic E-state index is 5.65. The van der Waals surface area contributed by atoms with Gasteiger partial charge in [0.1, 0.15) is 0 Å². The molecule has 1 aliphatic rings. The Kier molecular flexibility index (Phi) is 7.03. The average molecular weight is 213 g/mol. The summed E-state index contributed by atoms with van der Waals surface area (Å²) >= 11 is 0. The molecule has 0 radical (unpaired) electrons. The molecule has 0 aliphatic heterocycles. The maximum Gasteiger partial charge on any atom is 0.0480 e. The molecule has 90 valence electrons. The zero-order valence-electron chi connectivity index (χ0n) is 10.4. The Morgan fingerprint density at radius 3 is 2.73 bits per heavy atom. The van der Waals surface area contributed by atoms with E-state index in [1.807, 2.05) is 0 Å². The average Bonchev–Trinajstić information content (AvgIpc) is 2.17. The summed E-state index contributed by atoms with van der Waals surface area (Å²) in [4.78, 5) is 0. The van der Waals surface area contributed by atoms with Crippen molar-refractivity contribution in [1.29, 1.82) is 0 Å². The van der Waals surface area contributed by atoms with Crippen LogP contribution in [0.15, 0.2) is 0 Å². The summed E-state index contributed by atoms with van der Waals surface area (Å²) in [5, 5.41) is 3.47. The lowest BCUT2D eigenvalue weighted by molar-refractivity contribution is 0.1000. The van der Waals surface area contributed by atoms with E-state index in [1.165, 1.54) is 32.1 Å². The molecule has 1 unspecified atom stereocenters. The van der Waals surface area contributed by atoms with Crippen molar-refractivity contribution >= 4 is 0 Å². The van der Waals surface area contributed by atoms with E-state index in [9.17, 15) is 0 Å². The Balaban J connectivity index is 1.78. The fourth-order valence-electron chi connectivity index (χ4n) is 1.89. The quantitative estimate of drug-likeness (QED) is 0.595. The maximum atomic E-state index is 5.65. The Morgan fingerprint density at radius 1 is 1.33 bits per heavy atom. The van der Waals surface area contributed by atoms with Gasteiger partial charge in [-0.25, -0.2) is 0 Å². The van der Waals surface area contributed by atoms with Crippen LogP contribution in [0.4, 0.5) is 0 Å². The van der Waals surface area contributed by atoms with E-state index in [1.54, 1.807) is 0 Å². The summed E-state index contributed by atoms with van der Waals surface area (Å²) in [7, 11) is 0.